The van der Waals surface area contributed by atoms with Gasteiger partial charge in [-0.1, -0.05) is 0 Å². The van der Waals surface area contributed by atoms with Crippen LogP contribution in [-0.4, -0.2) is 0 Å². The van der Waals surface area contributed by atoms with Crippen molar-refractivity contribution < 1.29 is 0 Å². The summed E-state index contributed by atoms with van der Waals surface area (Å²) < 4.78 is 0. The predicted molar refractivity (Wildman–Crippen MR) is 48.7 cm³/mol. The summed E-state index contributed by atoms with van der Waals surface area (Å²) in [5.74, 6) is 0. The van der Waals surface area contributed by atoms with Gasteiger partial charge in [-0.25, -0.2) is 0 Å². The molecule has 1 atom stereocenters. The number of hydrogen-bond donors (Lipinski definition) is 2. The monoisotopic (exact) mass is 154 g/mol. The third kappa shape index (κ3) is 1.39. The van der Waals surface area contributed by atoms with Crippen molar-refractivity contribution in [3.8, 4) is 0 Å². The summed E-state index contributed by atoms with van der Waals surface area (Å²) in [5, 5.41) is 0. The summed E-state index contributed by atoms with van der Waals surface area (Å²) in [5.41, 5.74) is 13.8. The summed E-state index contributed by atoms with van der Waals surface area (Å²) in [7, 11) is 2.61. The smallest absolute Gasteiger partial charge is 0.0351 e. The van der Waals surface area contributed by atoms with Crippen LogP contribution in [0.25, 0.3) is 0 Å². The second kappa shape index (κ2) is 2.89. The third-order valence-corrected chi connectivity index (χ3v) is 1.83. The Kier molecular flexibility index (Phi) is 2.13. The highest BCUT2D eigenvalue weighted by atomic mass is 31.0. The molecule has 0 amide bonds. The van der Waals surface area contributed by atoms with Crippen molar-refractivity contribution in [3.05, 3.63) is 23.8 Å². The van der Waals surface area contributed by atoms with Crippen molar-refractivity contribution in [1.29, 1.82) is 0 Å². The first-order valence-corrected chi connectivity index (χ1v) is 3.89. The van der Waals surface area contributed by atoms with Gasteiger partial charge in [0.1, 0.15) is 0 Å². The maximum atomic E-state index is 5.63. The lowest BCUT2D eigenvalue weighted by Crippen LogP contribution is -1.93. The average molecular weight is 154 g/mol. The highest BCUT2D eigenvalue weighted by Gasteiger charge is 1.94. The minimum absolute atomic E-state index is 0.770. The van der Waals surface area contributed by atoms with Crippen LogP contribution in [-0.2, 0) is 6.16 Å². The van der Waals surface area contributed by atoms with E-state index in [0.717, 1.165) is 23.1 Å². The zero-order valence-electron chi connectivity index (χ0n) is 5.67. The third-order valence-electron chi connectivity index (χ3n) is 1.39. The van der Waals surface area contributed by atoms with Crippen LogP contribution in [0.3, 0.4) is 0 Å². The summed E-state index contributed by atoms with van der Waals surface area (Å²) in [6.45, 7) is 0. The van der Waals surface area contributed by atoms with Gasteiger partial charge in [0.05, 0.1) is 0 Å². The molecule has 1 unspecified atom stereocenters. The van der Waals surface area contributed by atoms with Crippen molar-refractivity contribution >= 4 is 20.6 Å². The van der Waals surface area contributed by atoms with Gasteiger partial charge in [-0.05, 0) is 29.9 Å². The molecule has 0 radical (unpaired) electrons. The van der Waals surface area contributed by atoms with Crippen LogP contribution in [0.2, 0.25) is 0 Å². The lowest BCUT2D eigenvalue weighted by Gasteiger charge is -2.01. The van der Waals surface area contributed by atoms with E-state index in [-0.39, 0.29) is 0 Å². The van der Waals surface area contributed by atoms with Crippen LogP contribution in [0.1, 0.15) is 5.56 Å². The summed E-state index contributed by atoms with van der Waals surface area (Å²) in [4.78, 5) is 0. The van der Waals surface area contributed by atoms with E-state index < -0.39 is 0 Å². The van der Waals surface area contributed by atoms with Gasteiger partial charge >= 0.3 is 0 Å². The number of rotatable bonds is 1. The number of hydrogen-bond acceptors (Lipinski definition) is 2. The van der Waals surface area contributed by atoms with Gasteiger partial charge < -0.3 is 11.5 Å². The molecular weight excluding hydrogens is 143 g/mol. The molecule has 0 fully saturated rings. The minimum Gasteiger partial charge on any atom is -0.399 e. The Morgan fingerprint density at radius 2 is 2.00 bits per heavy atom. The average Bonchev–Trinajstić information content (AvgIpc) is 1.94. The Labute approximate surface area is 62.8 Å². The van der Waals surface area contributed by atoms with E-state index in [2.05, 4.69) is 9.24 Å². The van der Waals surface area contributed by atoms with Crippen LogP contribution in [0.15, 0.2) is 18.2 Å². The van der Waals surface area contributed by atoms with Crippen LogP contribution >= 0.6 is 9.24 Å². The predicted octanol–water partition coefficient (Wildman–Crippen LogP) is 1.23. The largest absolute Gasteiger partial charge is 0.399 e. The summed E-state index contributed by atoms with van der Waals surface area (Å²) in [6.07, 6.45) is 0.858. The fourth-order valence-corrected chi connectivity index (χ4v) is 1.16. The summed E-state index contributed by atoms with van der Waals surface area (Å²) in [6, 6.07) is 5.52. The molecule has 0 aliphatic carbocycles. The fraction of sp³-hybridized carbons (Fsp3) is 0.143. The molecule has 1 rings (SSSR count). The molecular formula is C7H11N2P. The zero-order valence-corrected chi connectivity index (χ0v) is 6.83. The van der Waals surface area contributed by atoms with E-state index in [0.29, 0.717) is 0 Å². The Hall–Kier alpha value is -0.750. The van der Waals surface area contributed by atoms with E-state index in [1.165, 1.54) is 0 Å². The van der Waals surface area contributed by atoms with Crippen molar-refractivity contribution in [1.82, 2.24) is 0 Å². The molecule has 0 saturated carbocycles. The molecule has 0 aliphatic rings. The van der Waals surface area contributed by atoms with Gasteiger partial charge in [0.15, 0.2) is 0 Å². The number of anilines is 2. The molecule has 4 N–H and O–H groups in total. The molecule has 0 aliphatic heterocycles. The van der Waals surface area contributed by atoms with Gasteiger partial charge in [-0.2, -0.15) is 0 Å². The standard InChI is InChI=1S/C7H11N2P/c8-6-1-2-7(9)5(3-6)4-10/h1-3H,4,8-10H2. The van der Waals surface area contributed by atoms with Crippen LogP contribution < -0.4 is 11.5 Å². The fourth-order valence-electron chi connectivity index (χ4n) is 0.802. The topological polar surface area (TPSA) is 52.0 Å². The molecule has 0 heterocycles. The van der Waals surface area contributed by atoms with Gasteiger partial charge in [-0.15, -0.1) is 9.24 Å². The van der Waals surface area contributed by atoms with Crippen LogP contribution in [0.4, 0.5) is 11.4 Å². The molecule has 0 aromatic heterocycles. The maximum Gasteiger partial charge on any atom is 0.0351 e. The van der Waals surface area contributed by atoms with Gasteiger partial charge in [0, 0.05) is 11.4 Å². The van der Waals surface area contributed by atoms with Crippen molar-refractivity contribution in [2.45, 2.75) is 6.16 Å². The molecule has 1 aromatic carbocycles. The zero-order chi connectivity index (χ0) is 7.56. The molecule has 0 saturated heterocycles. The van der Waals surface area contributed by atoms with Gasteiger partial charge in [-0.3, -0.25) is 0 Å². The van der Waals surface area contributed by atoms with Gasteiger partial charge in [0.25, 0.3) is 0 Å². The van der Waals surface area contributed by atoms with Gasteiger partial charge in [0.2, 0.25) is 0 Å². The van der Waals surface area contributed by atoms with Crippen molar-refractivity contribution in [2.75, 3.05) is 11.5 Å². The van der Waals surface area contributed by atoms with E-state index in [1.54, 1.807) is 6.07 Å². The van der Waals surface area contributed by atoms with Crippen molar-refractivity contribution in [2.24, 2.45) is 0 Å². The van der Waals surface area contributed by atoms with E-state index in [4.69, 9.17) is 11.5 Å². The van der Waals surface area contributed by atoms with E-state index in [1.807, 2.05) is 12.1 Å². The van der Waals surface area contributed by atoms with E-state index in [9.17, 15) is 0 Å². The normalized spacial score (nSPS) is 9.70. The first kappa shape index (κ1) is 7.36. The first-order valence-electron chi connectivity index (χ1n) is 3.08. The highest BCUT2D eigenvalue weighted by Crippen LogP contribution is 2.17. The summed E-state index contributed by atoms with van der Waals surface area (Å²) >= 11 is 0. The number of nitrogens with two attached hydrogens (primary N) is 2. The molecule has 3 heteroatoms. The maximum absolute atomic E-state index is 5.63. The minimum atomic E-state index is 0.770. The van der Waals surface area contributed by atoms with Crippen LogP contribution in [0.5, 0.6) is 0 Å². The quantitative estimate of drug-likeness (QED) is 0.472. The Morgan fingerprint density at radius 3 is 2.50 bits per heavy atom. The SMILES string of the molecule is Nc1ccc(N)c(CP)c1. The van der Waals surface area contributed by atoms with Crippen molar-refractivity contribution in [3.63, 3.8) is 0 Å². The number of nitrogen functional groups attached to an aromatic ring is 2. The van der Waals surface area contributed by atoms with E-state index >= 15 is 0 Å². The molecule has 0 bridgehead atoms. The van der Waals surface area contributed by atoms with Crippen LogP contribution in [0, 0.1) is 0 Å². The Morgan fingerprint density at radius 1 is 1.30 bits per heavy atom. The molecule has 2 nitrogen and oxygen atoms in total. The lowest BCUT2D eigenvalue weighted by molar-refractivity contribution is 1.42. The second-order valence-corrected chi connectivity index (χ2v) is 2.57. The Balaban J connectivity index is 3.09. The number of benzene rings is 1. The molecule has 10 heavy (non-hydrogen) atoms. The molecule has 1 aromatic rings. The first-order chi connectivity index (χ1) is 4.74. The second-order valence-electron chi connectivity index (χ2n) is 2.16. The molecule has 54 valence electrons. The Bertz CT molecular complexity index is 235. The highest BCUT2D eigenvalue weighted by molar-refractivity contribution is 7.15. The molecule has 0 spiro atoms. The lowest BCUT2D eigenvalue weighted by atomic mass is 10.2.